The largest absolute Gasteiger partial charge is 0.317 e. The molecule has 0 aliphatic carbocycles. The average molecular weight is 240 g/mol. The predicted octanol–water partition coefficient (Wildman–Crippen LogP) is 1.52. The number of hydrogen-bond acceptors (Lipinski definition) is 3. The van der Waals surface area contributed by atoms with Gasteiger partial charge in [-0.3, -0.25) is 9.59 Å². The minimum absolute atomic E-state index is 0.237. The lowest BCUT2D eigenvalue weighted by Crippen LogP contribution is -1.94. The molecule has 4 nitrogen and oxygen atoms in total. The summed E-state index contributed by atoms with van der Waals surface area (Å²) in [6, 6.07) is 1.94. The van der Waals surface area contributed by atoms with Gasteiger partial charge in [-0.05, 0) is 30.1 Å². The van der Waals surface area contributed by atoms with E-state index in [4.69, 9.17) is 11.8 Å². The van der Waals surface area contributed by atoms with Crippen LogP contribution in [0.15, 0.2) is 0 Å². The van der Waals surface area contributed by atoms with E-state index in [0.717, 1.165) is 0 Å². The van der Waals surface area contributed by atoms with Gasteiger partial charge in [-0.25, -0.2) is 6.57 Å². The molecule has 0 radical (unpaired) electrons. The van der Waals surface area contributed by atoms with Crippen molar-refractivity contribution in [2.45, 2.75) is 32.1 Å². The Bertz CT molecular complexity index is 450. The number of hydrogen-bond donors (Lipinski definition) is 0. The van der Waals surface area contributed by atoms with E-state index in [0.29, 0.717) is 25.8 Å². The molecule has 0 aliphatic rings. The minimum Gasteiger partial charge on any atom is -0.317 e. The van der Waals surface area contributed by atoms with Gasteiger partial charge in [0.05, 0.1) is 6.07 Å². The van der Waals surface area contributed by atoms with Crippen LogP contribution in [-0.2, 0) is 9.59 Å². The van der Waals surface area contributed by atoms with Gasteiger partial charge in [-0.1, -0.05) is 0 Å². The monoisotopic (exact) mass is 240 g/mol. The van der Waals surface area contributed by atoms with Crippen LogP contribution in [0.25, 0.3) is 4.85 Å². The van der Waals surface area contributed by atoms with Crippen molar-refractivity contribution in [2.75, 3.05) is 6.54 Å². The zero-order valence-corrected chi connectivity index (χ0v) is 9.95. The van der Waals surface area contributed by atoms with Crippen molar-refractivity contribution < 1.29 is 9.59 Å². The highest BCUT2D eigenvalue weighted by Gasteiger charge is 1.97. The number of unbranched alkanes of at least 4 members (excludes halogenated alkanes) is 1. The Kier molecular flexibility index (Phi) is 9.39. The summed E-state index contributed by atoms with van der Waals surface area (Å²) in [5.74, 6) is 8.65. The van der Waals surface area contributed by atoms with Crippen LogP contribution >= 0.6 is 0 Å². The Hall–Kier alpha value is -2.56. The number of rotatable bonds is 6. The molecule has 0 fully saturated rings. The summed E-state index contributed by atoms with van der Waals surface area (Å²) in [4.78, 5) is 25.3. The molecular weight excluding hydrogens is 228 g/mol. The van der Waals surface area contributed by atoms with Gasteiger partial charge in [0, 0.05) is 25.7 Å². The van der Waals surface area contributed by atoms with E-state index in [-0.39, 0.29) is 24.4 Å². The topological polar surface area (TPSA) is 62.3 Å². The Morgan fingerprint density at radius 3 is 2.11 bits per heavy atom. The molecule has 0 saturated heterocycles. The van der Waals surface area contributed by atoms with Crippen molar-refractivity contribution in [3.05, 3.63) is 11.4 Å². The molecule has 0 aromatic carbocycles. The van der Waals surface area contributed by atoms with E-state index in [1.165, 1.54) is 0 Å². The molecular formula is C14H12N2O2. The van der Waals surface area contributed by atoms with Crippen molar-refractivity contribution in [2.24, 2.45) is 0 Å². The molecule has 0 saturated carbocycles. The highest BCUT2D eigenvalue weighted by molar-refractivity contribution is 5.98. The molecule has 0 unspecified atom stereocenters. The first-order valence-corrected chi connectivity index (χ1v) is 5.48. The third-order valence-electron chi connectivity index (χ3n) is 1.83. The van der Waals surface area contributed by atoms with E-state index in [1.807, 2.05) is 6.07 Å². The van der Waals surface area contributed by atoms with Gasteiger partial charge in [0.2, 0.25) is 18.1 Å². The fourth-order valence-electron chi connectivity index (χ4n) is 0.974. The van der Waals surface area contributed by atoms with E-state index in [2.05, 4.69) is 28.5 Å². The number of carbonyl (C=O) groups is 2. The maximum absolute atomic E-state index is 11.1. The summed E-state index contributed by atoms with van der Waals surface area (Å²) in [7, 11) is 0. The standard InChI is InChI=1S/C14H12N2O2/c1-16-12-6-10-14(18)8-3-2-7-13(17)9-4-5-11-15/h4-6,9-10,12H2. The Labute approximate surface area is 107 Å². The van der Waals surface area contributed by atoms with E-state index < -0.39 is 0 Å². The predicted molar refractivity (Wildman–Crippen MR) is 65.7 cm³/mol. The SMILES string of the molecule is [C-]#[N+]CCCC(=O)C#CC#CC(=O)CCCC#N. The third kappa shape index (κ3) is 9.97. The summed E-state index contributed by atoms with van der Waals surface area (Å²) in [6.45, 7) is 6.85. The summed E-state index contributed by atoms with van der Waals surface area (Å²) >= 11 is 0. The normalized spacial score (nSPS) is 7.67. The first kappa shape index (κ1) is 15.4. The van der Waals surface area contributed by atoms with Crippen LogP contribution in [0.4, 0.5) is 0 Å². The molecule has 0 heterocycles. The smallest absolute Gasteiger partial charge is 0.215 e. The first-order valence-electron chi connectivity index (χ1n) is 5.48. The fraction of sp³-hybridized carbons (Fsp3) is 0.429. The number of nitriles is 1. The van der Waals surface area contributed by atoms with E-state index in [1.54, 1.807) is 0 Å². The molecule has 0 spiro atoms. The summed E-state index contributed by atoms with van der Waals surface area (Å²) in [6.07, 6.45) is 1.80. The summed E-state index contributed by atoms with van der Waals surface area (Å²) in [5.41, 5.74) is 0. The quantitative estimate of drug-likeness (QED) is 0.306. The van der Waals surface area contributed by atoms with Crippen LogP contribution in [-0.4, -0.2) is 18.1 Å². The zero-order valence-electron chi connectivity index (χ0n) is 9.95. The molecule has 4 heteroatoms. The second-order valence-corrected chi connectivity index (χ2v) is 3.34. The number of ketones is 2. The van der Waals surface area contributed by atoms with Gasteiger partial charge in [0.25, 0.3) is 0 Å². The molecule has 90 valence electrons. The molecule has 18 heavy (non-hydrogen) atoms. The molecule has 0 N–H and O–H groups in total. The Balaban J connectivity index is 3.96. The molecule has 0 amide bonds. The minimum atomic E-state index is -0.278. The Morgan fingerprint density at radius 2 is 1.61 bits per heavy atom. The molecule has 0 atom stereocenters. The second-order valence-electron chi connectivity index (χ2n) is 3.34. The zero-order chi connectivity index (χ0) is 13.6. The fourth-order valence-corrected chi connectivity index (χ4v) is 0.974. The molecule has 0 aromatic heterocycles. The maximum Gasteiger partial charge on any atom is 0.215 e. The molecule has 0 rings (SSSR count). The molecule has 0 aromatic rings. The number of carbonyl (C=O) groups excluding carboxylic acids is 2. The summed E-state index contributed by atoms with van der Waals surface area (Å²) in [5, 5.41) is 8.27. The summed E-state index contributed by atoms with van der Waals surface area (Å²) < 4.78 is 0. The van der Waals surface area contributed by atoms with E-state index >= 15 is 0 Å². The Morgan fingerprint density at radius 1 is 1.06 bits per heavy atom. The maximum atomic E-state index is 11.1. The van der Waals surface area contributed by atoms with Crippen LogP contribution in [0, 0.1) is 41.6 Å². The lowest BCUT2D eigenvalue weighted by atomic mass is 10.2. The number of Topliss-reactive ketones (excluding diaryl/α,β-unsaturated/α-hetero) is 2. The van der Waals surface area contributed by atoms with Crippen molar-refractivity contribution in [3.63, 3.8) is 0 Å². The number of nitrogens with zero attached hydrogens (tertiary/aromatic N) is 2. The lowest BCUT2D eigenvalue weighted by molar-refractivity contribution is -0.114. The van der Waals surface area contributed by atoms with Gasteiger partial charge in [-0.2, -0.15) is 5.26 Å². The first-order chi connectivity index (χ1) is 8.70. The van der Waals surface area contributed by atoms with Crippen molar-refractivity contribution in [1.29, 1.82) is 5.26 Å². The van der Waals surface area contributed by atoms with Gasteiger partial charge in [0.1, 0.15) is 0 Å². The van der Waals surface area contributed by atoms with Crippen LogP contribution in [0.5, 0.6) is 0 Å². The van der Waals surface area contributed by atoms with Crippen LogP contribution in [0.1, 0.15) is 32.1 Å². The van der Waals surface area contributed by atoms with Gasteiger partial charge in [0.15, 0.2) is 0 Å². The lowest BCUT2D eigenvalue weighted by Gasteiger charge is -1.85. The molecule has 0 aliphatic heterocycles. The average Bonchev–Trinajstić information content (AvgIpc) is 2.35. The highest BCUT2D eigenvalue weighted by atomic mass is 16.1. The van der Waals surface area contributed by atoms with Gasteiger partial charge >= 0.3 is 0 Å². The van der Waals surface area contributed by atoms with Gasteiger partial charge in [-0.15, -0.1) is 0 Å². The second kappa shape index (κ2) is 10.9. The van der Waals surface area contributed by atoms with E-state index in [9.17, 15) is 9.59 Å². The van der Waals surface area contributed by atoms with Gasteiger partial charge < -0.3 is 4.85 Å². The van der Waals surface area contributed by atoms with Crippen molar-refractivity contribution in [3.8, 4) is 29.8 Å². The highest BCUT2D eigenvalue weighted by Crippen LogP contribution is 1.93. The molecule has 0 bridgehead atoms. The van der Waals surface area contributed by atoms with Crippen LogP contribution in [0.3, 0.4) is 0 Å². The van der Waals surface area contributed by atoms with Crippen LogP contribution in [0.2, 0.25) is 0 Å². The van der Waals surface area contributed by atoms with Crippen molar-refractivity contribution >= 4 is 11.6 Å². The third-order valence-corrected chi connectivity index (χ3v) is 1.83. The van der Waals surface area contributed by atoms with Crippen molar-refractivity contribution in [1.82, 2.24) is 0 Å². The van der Waals surface area contributed by atoms with Crippen LogP contribution < -0.4 is 0 Å².